The van der Waals surface area contributed by atoms with Crippen LogP contribution < -0.4 is 11.1 Å². The zero-order chi connectivity index (χ0) is 14.4. The van der Waals surface area contributed by atoms with Crippen LogP contribution in [0, 0.1) is 11.8 Å². The van der Waals surface area contributed by atoms with Gasteiger partial charge in [0.15, 0.2) is 0 Å². The standard InChI is InChI=1S/C16H26N2O/c1-5-11(2)13(4)18-16(19)12(3)15(17)14-9-7-6-8-10-14/h6-13,15H,5,17H2,1-4H3,(H,18,19). The zero-order valence-electron chi connectivity index (χ0n) is 12.4. The maximum Gasteiger partial charge on any atom is 0.224 e. The summed E-state index contributed by atoms with van der Waals surface area (Å²) in [6.07, 6.45) is 1.06. The molecule has 1 amide bonds. The van der Waals surface area contributed by atoms with Crippen molar-refractivity contribution in [2.45, 2.75) is 46.2 Å². The average molecular weight is 262 g/mol. The monoisotopic (exact) mass is 262 g/mol. The molecule has 3 heteroatoms. The van der Waals surface area contributed by atoms with Crippen molar-refractivity contribution in [1.82, 2.24) is 5.32 Å². The normalized spacial score (nSPS) is 17.3. The molecule has 0 aliphatic rings. The Kier molecular flexibility index (Phi) is 6.03. The van der Waals surface area contributed by atoms with E-state index < -0.39 is 0 Å². The molecule has 0 aliphatic heterocycles. The molecule has 4 unspecified atom stereocenters. The number of amides is 1. The molecular formula is C16H26N2O. The number of carbonyl (C=O) groups is 1. The minimum absolute atomic E-state index is 0.0316. The van der Waals surface area contributed by atoms with Crippen molar-refractivity contribution in [2.24, 2.45) is 17.6 Å². The highest BCUT2D eigenvalue weighted by molar-refractivity contribution is 5.79. The molecule has 0 saturated carbocycles. The van der Waals surface area contributed by atoms with Crippen molar-refractivity contribution in [3.05, 3.63) is 35.9 Å². The van der Waals surface area contributed by atoms with Gasteiger partial charge in [-0.3, -0.25) is 4.79 Å². The Balaban J connectivity index is 2.62. The smallest absolute Gasteiger partial charge is 0.224 e. The number of benzene rings is 1. The van der Waals surface area contributed by atoms with Gasteiger partial charge in [-0.15, -0.1) is 0 Å². The van der Waals surface area contributed by atoms with Crippen molar-refractivity contribution in [1.29, 1.82) is 0 Å². The molecule has 0 fully saturated rings. The molecule has 3 N–H and O–H groups in total. The van der Waals surface area contributed by atoms with E-state index in [0.29, 0.717) is 5.92 Å². The fourth-order valence-corrected chi connectivity index (χ4v) is 1.98. The summed E-state index contributed by atoms with van der Waals surface area (Å²) in [4.78, 5) is 12.2. The highest BCUT2D eigenvalue weighted by atomic mass is 16.1. The third kappa shape index (κ3) is 4.35. The first-order valence-electron chi connectivity index (χ1n) is 7.08. The third-order valence-corrected chi connectivity index (χ3v) is 4.00. The van der Waals surface area contributed by atoms with Gasteiger partial charge in [-0.2, -0.15) is 0 Å². The zero-order valence-corrected chi connectivity index (χ0v) is 12.4. The van der Waals surface area contributed by atoms with Gasteiger partial charge in [0, 0.05) is 12.1 Å². The first kappa shape index (κ1) is 15.7. The van der Waals surface area contributed by atoms with Crippen molar-refractivity contribution in [3.8, 4) is 0 Å². The molecule has 19 heavy (non-hydrogen) atoms. The summed E-state index contributed by atoms with van der Waals surface area (Å²) in [6.45, 7) is 8.21. The Morgan fingerprint density at radius 3 is 2.32 bits per heavy atom. The van der Waals surface area contributed by atoms with E-state index in [2.05, 4.69) is 19.2 Å². The number of rotatable bonds is 6. The first-order valence-corrected chi connectivity index (χ1v) is 7.08. The molecule has 0 radical (unpaired) electrons. The summed E-state index contributed by atoms with van der Waals surface area (Å²) in [5.74, 6) is 0.280. The summed E-state index contributed by atoms with van der Waals surface area (Å²) >= 11 is 0. The molecule has 3 nitrogen and oxygen atoms in total. The van der Waals surface area contributed by atoms with E-state index in [9.17, 15) is 4.79 Å². The van der Waals surface area contributed by atoms with Crippen molar-refractivity contribution in [2.75, 3.05) is 0 Å². The van der Waals surface area contributed by atoms with Crippen LogP contribution in [0.4, 0.5) is 0 Å². The molecule has 0 bridgehead atoms. The highest BCUT2D eigenvalue weighted by Gasteiger charge is 2.24. The summed E-state index contributed by atoms with van der Waals surface area (Å²) < 4.78 is 0. The van der Waals surface area contributed by atoms with Gasteiger partial charge in [0.25, 0.3) is 0 Å². The molecule has 0 aliphatic carbocycles. The Hall–Kier alpha value is -1.35. The van der Waals surface area contributed by atoms with Crippen LogP contribution in [-0.4, -0.2) is 11.9 Å². The topological polar surface area (TPSA) is 55.1 Å². The quantitative estimate of drug-likeness (QED) is 0.828. The largest absolute Gasteiger partial charge is 0.353 e. The fraction of sp³-hybridized carbons (Fsp3) is 0.562. The molecule has 1 rings (SSSR count). The van der Waals surface area contributed by atoms with Crippen LogP contribution in [0.5, 0.6) is 0 Å². The second kappa shape index (κ2) is 7.29. The molecule has 0 heterocycles. The van der Waals surface area contributed by atoms with Crippen molar-refractivity contribution >= 4 is 5.91 Å². The van der Waals surface area contributed by atoms with Gasteiger partial charge in [-0.1, -0.05) is 57.5 Å². The summed E-state index contributed by atoms with van der Waals surface area (Å²) in [6, 6.07) is 9.70. The van der Waals surface area contributed by atoms with Crippen molar-refractivity contribution in [3.63, 3.8) is 0 Å². The van der Waals surface area contributed by atoms with Gasteiger partial charge in [0.05, 0.1) is 5.92 Å². The lowest BCUT2D eigenvalue weighted by atomic mass is 9.93. The fourth-order valence-electron chi connectivity index (χ4n) is 1.98. The molecule has 1 aromatic carbocycles. The second-order valence-electron chi connectivity index (χ2n) is 5.41. The minimum atomic E-state index is -0.259. The van der Waals surface area contributed by atoms with E-state index in [4.69, 9.17) is 5.73 Å². The average Bonchev–Trinajstić information content (AvgIpc) is 2.45. The van der Waals surface area contributed by atoms with E-state index >= 15 is 0 Å². The maximum atomic E-state index is 12.2. The molecule has 4 atom stereocenters. The van der Waals surface area contributed by atoms with Gasteiger partial charge in [0.2, 0.25) is 5.91 Å². The lowest BCUT2D eigenvalue weighted by Gasteiger charge is -2.25. The van der Waals surface area contributed by atoms with E-state index in [1.165, 1.54) is 0 Å². The van der Waals surface area contributed by atoms with E-state index in [0.717, 1.165) is 12.0 Å². The van der Waals surface area contributed by atoms with Crippen LogP contribution in [0.15, 0.2) is 30.3 Å². The number of hydrogen-bond acceptors (Lipinski definition) is 2. The van der Waals surface area contributed by atoms with Crippen LogP contribution in [0.3, 0.4) is 0 Å². The Morgan fingerprint density at radius 1 is 1.21 bits per heavy atom. The van der Waals surface area contributed by atoms with Gasteiger partial charge in [-0.05, 0) is 18.4 Å². The van der Waals surface area contributed by atoms with Crippen LogP contribution in [0.1, 0.15) is 45.7 Å². The lowest BCUT2D eigenvalue weighted by molar-refractivity contribution is -0.126. The van der Waals surface area contributed by atoms with E-state index in [1.807, 2.05) is 44.2 Å². The number of hydrogen-bond donors (Lipinski definition) is 2. The Labute approximate surface area is 116 Å². The molecule has 106 valence electrons. The summed E-state index contributed by atoms with van der Waals surface area (Å²) in [7, 11) is 0. The molecular weight excluding hydrogens is 236 g/mol. The van der Waals surface area contributed by atoms with E-state index in [1.54, 1.807) is 0 Å². The van der Waals surface area contributed by atoms with Crippen LogP contribution in [-0.2, 0) is 4.79 Å². The predicted octanol–water partition coefficient (Wildman–Crippen LogP) is 2.87. The number of nitrogens with one attached hydrogen (secondary N) is 1. The summed E-state index contributed by atoms with van der Waals surface area (Å²) in [5.41, 5.74) is 7.16. The van der Waals surface area contributed by atoms with Gasteiger partial charge >= 0.3 is 0 Å². The van der Waals surface area contributed by atoms with Crippen LogP contribution in [0.25, 0.3) is 0 Å². The molecule has 1 aromatic rings. The van der Waals surface area contributed by atoms with E-state index in [-0.39, 0.29) is 23.9 Å². The van der Waals surface area contributed by atoms with Gasteiger partial charge < -0.3 is 11.1 Å². The highest BCUT2D eigenvalue weighted by Crippen LogP contribution is 2.19. The summed E-state index contributed by atoms with van der Waals surface area (Å²) in [5, 5.41) is 3.06. The molecule has 0 spiro atoms. The maximum absolute atomic E-state index is 12.2. The first-order chi connectivity index (χ1) is 8.97. The SMILES string of the molecule is CCC(C)C(C)NC(=O)C(C)C(N)c1ccccc1. The van der Waals surface area contributed by atoms with Crippen molar-refractivity contribution < 1.29 is 4.79 Å². The van der Waals surface area contributed by atoms with Gasteiger partial charge in [0.1, 0.15) is 0 Å². The Bertz CT molecular complexity index is 391. The van der Waals surface area contributed by atoms with Crippen LogP contribution >= 0.6 is 0 Å². The Morgan fingerprint density at radius 2 is 1.79 bits per heavy atom. The minimum Gasteiger partial charge on any atom is -0.353 e. The predicted molar refractivity (Wildman–Crippen MR) is 79.6 cm³/mol. The second-order valence-corrected chi connectivity index (χ2v) is 5.41. The third-order valence-electron chi connectivity index (χ3n) is 4.00. The van der Waals surface area contributed by atoms with Gasteiger partial charge in [-0.25, -0.2) is 0 Å². The molecule has 0 aromatic heterocycles. The lowest BCUT2D eigenvalue weighted by Crippen LogP contribution is -2.42. The number of carbonyl (C=O) groups excluding carboxylic acids is 1. The number of nitrogens with two attached hydrogens (primary N) is 1. The van der Waals surface area contributed by atoms with Crippen LogP contribution in [0.2, 0.25) is 0 Å². The molecule has 0 saturated heterocycles.